The Balaban J connectivity index is 1.83. The molecule has 4 aromatic rings. The number of hydrogen-bond donors (Lipinski definition) is 0. The standard InChI is InChI=1S/C22H16N2O2/c1-15(25)17-10-7-11-18(14-17)26-22-19-12-5-6-13-20(19)23-21(24-22)16-8-3-2-4-9-16/h2-14H,1H3. The summed E-state index contributed by atoms with van der Waals surface area (Å²) >= 11 is 0. The van der Waals surface area contributed by atoms with Crippen molar-refractivity contribution in [3.63, 3.8) is 0 Å². The van der Waals surface area contributed by atoms with Crippen molar-refractivity contribution < 1.29 is 9.53 Å². The number of rotatable bonds is 4. The minimum Gasteiger partial charge on any atom is -0.438 e. The van der Waals surface area contributed by atoms with Crippen LogP contribution in [0.3, 0.4) is 0 Å². The Kier molecular flexibility index (Phi) is 4.15. The van der Waals surface area contributed by atoms with Crippen molar-refractivity contribution in [3.8, 4) is 23.0 Å². The number of ketones is 1. The monoisotopic (exact) mass is 340 g/mol. The lowest BCUT2D eigenvalue weighted by Gasteiger charge is -2.10. The summed E-state index contributed by atoms with van der Waals surface area (Å²) in [4.78, 5) is 20.9. The molecule has 0 N–H and O–H groups in total. The van der Waals surface area contributed by atoms with Crippen LogP contribution in [-0.2, 0) is 0 Å². The van der Waals surface area contributed by atoms with Gasteiger partial charge >= 0.3 is 0 Å². The molecule has 0 amide bonds. The molecule has 0 unspecified atom stereocenters. The van der Waals surface area contributed by atoms with Crippen LogP contribution in [0.4, 0.5) is 0 Å². The average Bonchev–Trinajstić information content (AvgIpc) is 2.69. The molecule has 4 rings (SSSR count). The van der Waals surface area contributed by atoms with E-state index in [0.717, 1.165) is 16.5 Å². The van der Waals surface area contributed by atoms with Gasteiger partial charge in [0.25, 0.3) is 0 Å². The molecule has 0 fully saturated rings. The van der Waals surface area contributed by atoms with E-state index in [1.54, 1.807) is 18.2 Å². The van der Waals surface area contributed by atoms with E-state index in [0.29, 0.717) is 23.0 Å². The number of carbonyl (C=O) groups excluding carboxylic acids is 1. The number of ether oxygens (including phenoxy) is 1. The van der Waals surface area contributed by atoms with Crippen molar-refractivity contribution in [1.29, 1.82) is 0 Å². The van der Waals surface area contributed by atoms with Crippen LogP contribution in [0.1, 0.15) is 17.3 Å². The van der Waals surface area contributed by atoms with Crippen molar-refractivity contribution >= 4 is 16.7 Å². The van der Waals surface area contributed by atoms with E-state index in [4.69, 9.17) is 4.74 Å². The Bertz CT molecular complexity index is 1090. The van der Waals surface area contributed by atoms with Gasteiger partial charge in [-0.3, -0.25) is 4.79 Å². The second kappa shape index (κ2) is 6.76. The van der Waals surface area contributed by atoms with Crippen LogP contribution in [0.5, 0.6) is 11.6 Å². The molecule has 0 aliphatic heterocycles. The summed E-state index contributed by atoms with van der Waals surface area (Å²) in [5.74, 6) is 1.63. The highest BCUT2D eigenvalue weighted by molar-refractivity contribution is 5.94. The SMILES string of the molecule is CC(=O)c1cccc(Oc2nc(-c3ccccc3)nc3ccccc23)c1. The molecule has 0 saturated heterocycles. The summed E-state index contributed by atoms with van der Waals surface area (Å²) in [6.45, 7) is 1.53. The van der Waals surface area contributed by atoms with E-state index >= 15 is 0 Å². The predicted molar refractivity (Wildman–Crippen MR) is 101 cm³/mol. The molecule has 4 heteroatoms. The molecular weight excluding hydrogens is 324 g/mol. The Morgan fingerprint density at radius 3 is 2.42 bits per heavy atom. The number of para-hydroxylation sites is 1. The zero-order chi connectivity index (χ0) is 17.9. The summed E-state index contributed by atoms with van der Waals surface area (Å²) in [6.07, 6.45) is 0. The van der Waals surface area contributed by atoms with Gasteiger partial charge in [0.15, 0.2) is 11.6 Å². The summed E-state index contributed by atoms with van der Waals surface area (Å²) in [7, 11) is 0. The van der Waals surface area contributed by atoms with E-state index < -0.39 is 0 Å². The molecule has 1 heterocycles. The Labute approximate surface area is 151 Å². The molecule has 26 heavy (non-hydrogen) atoms. The van der Waals surface area contributed by atoms with E-state index in [9.17, 15) is 4.79 Å². The number of aromatic nitrogens is 2. The Hall–Kier alpha value is -3.53. The summed E-state index contributed by atoms with van der Waals surface area (Å²) in [5, 5.41) is 0.820. The number of benzene rings is 3. The van der Waals surface area contributed by atoms with Crippen LogP contribution < -0.4 is 4.74 Å². The molecule has 0 aliphatic carbocycles. The highest BCUT2D eigenvalue weighted by atomic mass is 16.5. The predicted octanol–water partition coefficient (Wildman–Crippen LogP) is 5.29. The molecule has 0 aliphatic rings. The third-order valence-electron chi connectivity index (χ3n) is 4.06. The highest BCUT2D eigenvalue weighted by Gasteiger charge is 2.11. The van der Waals surface area contributed by atoms with E-state index in [1.807, 2.05) is 60.7 Å². The zero-order valence-corrected chi connectivity index (χ0v) is 14.2. The number of fused-ring (bicyclic) bond motifs is 1. The van der Waals surface area contributed by atoms with Crippen LogP contribution in [0.15, 0.2) is 78.9 Å². The topological polar surface area (TPSA) is 52.1 Å². The van der Waals surface area contributed by atoms with Crippen LogP contribution in [-0.4, -0.2) is 15.8 Å². The van der Waals surface area contributed by atoms with Gasteiger partial charge in [0.2, 0.25) is 5.88 Å². The number of hydrogen-bond acceptors (Lipinski definition) is 4. The van der Waals surface area contributed by atoms with Crippen molar-refractivity contribution in [2.75, 3.05) is 0 Å². The molecule has 4 nitrogen and oxygen atoms in total. The smallest absolute Gasteiger partial charge is 0.230 e. The molecule has 0 radical (unpaired) electrons. The largest absolute Gasteiger partial charge is 0.438 e. The second-order valence-corrected chi connectivity index (χ2v) is 5.92. The first kappa shape index (κ1) is 16.0. The summed E-state index contributed by atoms with van der Waals surface area (Å²) < 4.78 is 6.04. The maximum absolute atomic E-state index is 11.6. The van der Waals surface area contributed by atoms with Gasteiger partial charge in [0.05, 0.1) is 10.9 Å². The first-order valence-corrected chi connectivity index (χ1v) is 8.32. The maximum atomic E-state index is 11.6. The highest BCUT2D eigenvalue weighted by Crippen LogP contribution is 2.30. The van der Waals surface area contributed by atoms with Crippen molar-refractivity contribution in [2.24, 2.45) is 0 Å². The fourth-order valence-electron chi connectivity index (χ4n) is 2.73. The lowest BCUT2D eigenvalue weighted by molar-refractivity contribution is 0.101. The fourth-order valence-corrected chi connectivity index (χ4v) is 2.73. The normalized spacial score (nSPS) is 10.7. The fraction of sp³-hybridized carbons (Fsp3) is 0.0455. The van der Waals surface area contributed by atoms with Gasteiger partial charge in [-0.2, -0.15) is 4.98 Å². The quantitative estimate of drug-likeness (QED) is 0.474. The van der Waals surface area contributed by atoms with Gasteiger partial charge in [-0.25, -0.2) is 4.98 Å². The van der Waals surface area contributed by atoms with Crippen LogP contribution >= 0.6 is 0 Å². The van der Waals surface area contributed by atoms with Gasteiger partial charge in [0, 0.05) is 11.1 Å². The molecule has 0 saturated carbocycles. The van der Waals surface area contributed by atoms with Crippen LogP contribution in [0, 0.1) is 0 Å². The lowest BCUT2D eigenvalue weighted by atomic mass is 10.1. The zero-order valence-electron chi connectivity index (χ0n) is 14.2. The number of Topliss-reactive ketones (excluding diaryl/α,β-unsaturated/α-hetero) is 1. The minimum atomic E-state index is -0.00651. The van der Waals surface area contributed by atoms with Crippen molar-refractivity contribution in [2.45, 2.75) is 6.92 Å². The third-order valence-corrected chi connectivity index (χ3v) is 4.06. The third kappa shape index (κ3) is 3.17. The molecule has 126 valence electrons. The van der Waals surface area contributed by atoms with Gasteiger partial charge in [-0.15, -0.1) is 0 Å². The average molecular weight is 340 g/mol. The Morgan fingerprint density at radius 2 is 1.62 bits per heavy atom. The molecule has 0 atom stereocenters. The Morgan fingerprint density at radius 1 is 0.846 bits per heavy atom. The summed E-state index contributed by atoms with van der Waals surface area (Å²) in [6, 6.07) is 24.6. The molecule has 1 aromatic heterocycles. The second-order valence-electron chi connectivity index (χ2n) is 5.92. The lowest BCUT2D eigenvalue weighted by Crippen LogP contribution is -1.97. The first-order valence-electron chi connectivity index (χ1n) is 8.32. The van der Waals surface area contributed by atoms with E-state index in [1.165, 1.54) is 6.92 Å². The summed E-state index contributed by atoms with van der Waals surface area (Å²) in [5.41, 5.74) is 2.32. The van der Waals surface area contributed by atoms with Crippen molar-refractivity contribution in [1.82, 2.24) is 9.97 Å². The van der Waals surface area contributed by atoms with E-state index in [2.05, 4.69) is 9.97 Å². The molecular formula is C22H16N2O2. The maximum Gasteiger partial charge on any atom is 0.230 e. The van der Waals surface area contributed by atoms with Gasteiger partial charge in [0.1, 0.15) is 5.75 Å². The van der Waals surface area contributed by atoms with Crippen molar-refractivity contribution in [3.05, 3.63) is 84.4 Å². The molecule has 3 aromatic carbocycles. The van der Waals surface area contributed by atoms with Crippen LogP contribution in [0.25, 0.3) is 22.3 Å². The van der Waals surface area contributed by atoms with Gasteiger partial charge in [-0.1, -0.05) is 54.6 Å². The van der Waals surface area contributed by atoms with Gasteiger partial charge < -0.3 is 4.74 Å². The number of carbonyl (C=O) groups is 1. The van der Waals surface area contributed by atoms with E-state index in [-0.39, 0.29) is 5.78 Å². The first-order chi connectivity index (χ1) is 12.7. The number of nitrogens with zero attached hydrogens (tertiary/aromatic N) is 2. The molecule has 0 spiro atoms. The van der Waals surface area contributed by atoms with Crippen LogP contribution in [0.2, 0.25) is 0 Å². The minimum absolute atomic E-state index is 0.00651. The molecule has 0 bridgehead atoms. The van der Waals surface area contributed by atoms with Gasteiger partial charge in [-0.05, 0) is 31.2 Å².